The summed E-state index contributed by atoms with van der Waals surface area (Å²) in [6, 6.07) is 7.57. The van der Waals surface area contributed by atoms with E-state index < -0.39 is 0 Å². The Kier molecular flexibility index (Phi) is 6.44. The van der Waals surface area contributed by atoms with Gasteiger partial charge in [0, 0.05) is 38.2 Å². The number of aromatic nitrogens is 2. The van der Waals surface area contributed by atoms with Crippen LogP contribution in [0.3, 0.4) is 0 Å². The summed E-state index contributed by atoms with van der Waals surface area (Å²) in [6.07, 6.45) is 7.08. The third-order valence-corrected chi connectivity index (χ3v) is 6.14. The van der Waals surface area contributed by atoms with E-state index in [0.29, 0.717) is 30.6 Å². The lowest BCUT2D eigenvalue weighted by Crippen LogP contribution is -2.48. The van der Waals surface area contributed by atoms with Crippen LogP contribution in [0.5, 0.6) is 5.75 Å². The van der Waals surface area contributed by atoms with Gasteiger partial charge in [0.15, 0.2) is 5.82 Å². The van der Waals surface area contributed by atoms with E-state index in [1.54, 1.807) is 7.11 Å². The first-order chi connectivity index (χ1) is 14.2. The number of ether oxygens (including phenoxy) is 1. The molecule has 0 unspecified atom stereocenters. The summed E-state index contributed by atoms with van der Waals surface area (Å²) in [6.45, 7) is 3.91. The number of hydrogen-bond acceptors (Lipinski definition) is 6. The zero-order valence-electron chi connectivity index (χ0n) is 17.2. The SMILES string of the molecule is COc1ccc(-c2nc(CN3CCN(C(=O)CCC4CCCC4)CC3)no2)cc1. The first-order valence-electron chi connectivity index (χ1n) is 10.7. The summed E-state index contributed by atoms with van der Waals surface area (Å²) in [5.74, 6) is 3.08. The quantitative estimate of drug-likeness (QED) is 0.712. The fourth-order valence-electron chi connectivity index (χ4n) is 4.31. The lowest BCUT2D eigenvalue weighted by atomic mass is 10.0. The van der Waals surface area contributed by atoms with Crippen LogP contribution < -0.4 is 4.74 Å². The van der Waals surface area contributed by atoms with E-state index in [1.807, 2.05) is 29.2 Å². The van der Waals surface area contributed by atoms with Crippen molar-refractivity contribution in [2.24, 2.45) is 5.92 Å². The fourth-order valence-corrected chi connectivity index (χ4v) is 4.31. The number of piperazine rings is 1. The normalized spacial score (nSPS) is 18.3. The summed E-state index contributed by atoms with van der Waals surface area (Å²) >= 11 is 0. The number of amides is 1. The summed E-state index contributed by atoms with van der Waals surface area (Å²) in [7, 11) is 1.64. The number of carbonyl (C=O) groups excluding carboxylic acids is 1. The standard InChI is InChI=1S/C22H30N4O3/c1-28-19-9-7-18(8-10-19)22-23-20(24-29-22)16-25-12-14-26(15-13-25)21(27)11-6-17-4-2-3-5-17/h7-10,17H,2-6,11-16H2,1H3. The van der Waals surface area contributed by atoms with Crippen LogP contribution in [0.4, 0.5) is 0 Å². The van der Waals surface area contributed by atoms with Gasteiger partial charge in [-0.1, -0.05) is 30.8 Å². The molecule has 1 saturated carbocycles. The Morgan fingerprint density at radius 1 is 1.14 bits per heavy atom. The van der Waals surface area contributed by atoms with Crippen LogP contribution >= 0.6 is 0 Å². The number of carbonyl (C=O) groups is 1. The van der Waals surface area contributed by atoms with Gasteiger partial charge in [0.05, 0.1) is 13.7 Å². The molecule has 7 heteroatoms. The maximum absolute atomic E-state index is 12.5. The third-order valence-electron chi connectivity index (χ3n) is 6.14. The van der Waals surface area contributed by atoms with Crippen LogP contribution in [-0.4, -0.2) is 59.1 Å². The molecule has 1 aliphatic heterocycles. The molecular weight excluding hydrogens is 368 g/mol. The van der Waals surface area contributed by atoms with Crippen LogP contribution in [0.15, 0.2) is 28.8 Å². The Balaban J connectivity index is 1.23. The smallest absolute Gasteiger partial charge is 0.257 e. The van der Waals surface area contributed by atoms with Crippen molar-refractivity contribution >= 4 is 5.91 Å². The molecule has 156 valence electrons. The van der Waals surface area contributed by atoms with Gasteiger partial charge in [-0.05, 0) is 36.6 Å². The van der Waals surface area contributed by atoms with Gasteiger partial charge in [0.2, 0.25) is 5.91 Å². The minimum absolute atomic E-state index is 0.318. The van der Waals surface area contributed by atoms with Crippen molar-refractivity contribution in [3.8, 4) is 17.2 Å². The molecular formula is C22H30N4O3. The van der Waals surface area contributed by atoms with E-state index in [0.717, 1.165) is 49.8 Å². The Morgan fingerprint density at radius 2 is 1.86 bits per heavy atom. The van der Waals surface area contributed by atoms with Crippen molar-refractivity contribution in [2.75, 3.05) is 33.3 Å². The van der Waals surface area contributed by atoms with Crippen LogP contribution in [-0.2, 0) is 11.3 Å². The van der Waals surface area contributed by atoms with Gasteiger partial charge >= 0.3 is 0 Å². The molecule has 0 spiro atoms. The van der Waals surface area contributed by atoms with Crippen LogP contribution in [0.25, 0.3) is 11.5 Å². The highest BCUT2D eigenvalue weighted by Gasteiger charge is 2.24. The van der Waals surface area contributed by atoms with Gasteiger partial charge in [0.1, 0.15) is 5.75 Å². The largest absolute Gasteiger partial charge is 0.497 e. The highest BCUT2D eigenvalue weighted by atomic mass is 16.5. The van der Waals surface area contributed by atoms with E-state index in [9.17, 15) is 4.79 Å². The van der Waals surface area contributed by atoms with Gasteiger partial charge < -0.3 is 14.2 Å². The minimum atomic E-state index is 0.318. The lowest BCUT2D eigenvalue weighted by molar-refractivity contribution is -0.133. The number of rotatable bonds is 7. The average Bonchev–Trinajstić information content (AvgIpc) is 3.45. The minimum Gasteiger partial charge on any atom is -0.497 e. The van der Waals surface area contributed by atoms with Crippen molar-refractivity contribution in [1.29, 1.82) is 0 Å². The molecule has 0 N–H and O–H groups in total. The molecule has 1 amide bonds. The molecule has 1 aliphatic carbocycles. The molecule has 1 aromatic heterocycles. The summed E-state index contributed by atoms with van der Waals surface area (Å²) in [4.78, 5) is 21.3. The molecule has 4 rings (SSSR count). The maximum Gasteiger partial charge on any atom is 0.257 e. The maximum atomic E-state index is 12.5. The van der Waals surface area contributed by atoms with E-state index in [2.05, 4.69) is 15.0 Å². The molecule has 2 heterocycles. The Morgan fingerprint density at radius 3 is 2.55 bits per heavy atom. The van der Waals surface area contributed by atoms with Crippen molar-refractivity contribution in [3.05, 3.63) is 30.1 Å². The lowest BCUT2D eigenvalue weighted by Gasteiger charge is -2.34. The number of nitrogens with zero attached hydrogens (tertiary/aromatic N) is 4. The Hall–Kier alpha value is -2.41. The number of methoxy groups -OCH3 is 1. The Bertz CT molecular complexity index is 791. The molecule has 0 atom stereocenters. The summed E-state index contributed by atoms with van der Waals surface area (Å²) in [5.41, 5.74) is 0.877. The molecule has 29 heavy (non-hydrogen) atoms. The molecule has 0 bridgehead atoms. The Labute approximate surface area is 172 Å². The molecule has 2 aromatic rings. The van der Waals surface area contributed by atoms with E-state index in [-0.39, 0.29) is 0 Å². The monoisotopic (exact) mass is 398 g/mol. The second-order valence-electron chi connectivity index (χ2n) is 8.09. The van der Waals surface area contributed by atoms with Gasteiger partial charge in [0.25, 0.3) is 5.89 Å². The third kappa shape index (κ3) is 5.15. The second kappa shape index (κ2) is 9.39. The van der Waals surface area contributed by atoms with Crippen LogP contribution in [0.1, 0.15) is 44.3 Å². The van der Waals surface area contributed by atoms with Crippen molar-refractivity contribution in [3.63, 3.8) is 0 Å². The van der Waals surface area contributed by atoms with Gasteiger partial charge in [-0.2, -0.15) is 4.98 Å². The second-order valence-corrected chi connectivity index (χ2v) is 8.09. The molecule has 1 aromatic carbocycles. The molecule has 1 saturated heterocycles. The number of benzene rings is 1. The fraction of sp³-hybridized carbons (Fsp3) is 0.591. The topological polar surface area (TPSA) is 71.7 Å². The highest BCUT2D eigenvalue weighted by Crippen LogP contribution is 2.28. The first-order valence-corrected chi connectivity index (χ1v) is 10.7. The molecule has 0 radical (unpaired) electrons. The van der Waals surface area contributed by atoms with E-state index >= 15 is 0 Å². The van der Waals surface area contributed by atoms with E-state index in [4.69, 9.17) is 9.26 Å². The average molecular weight is 399 g/mol. The summed E-state index contributed by atoms with van der Waals surface area (Å²) < 4.78 is 10.6. The zero-order valence-corrected chi connectivity index (χ0v) is 17.2. The van der Waals surface area contributed by atoms with Crippen LogP contribution in [0.2, 0.25) is 0 Å². The predicted octanol–water partition coefficient (Wildman–Crippen LogP) is 3.36. The molecule has 2 fully saturated rings. The zero-order chi connectivity index (χ0) is 20.1. The van der Waals surface area contributed by atoms with Crippen molar-refractivity contribution < 1.29 is 14.1 Å². The predicted molar refractivity (Wildman–Crippen MR) is 109 cm³/mol. The van der Waals surface area contributed by atoms with E-state index in [1.165, 1.54) is 25.7 Å². The summed E-state index contributed by atoms with van der Waals surface area (Å²) in [5, 5.41) is 4.12. The first kappa shape index (κ1) is 19.9. The van der Waals surface area contributed by atoms with Crippen LogP contribution in [0, 0.1) is 5.92 Å². The number of hydrogen-bond donors (Lipinski definition) is 0. The van der Waals surface area contributed by atoms with Gasteiger partial charge in [-0.15, -0.1) is 0 Å². The van der Waals surface area contributed by atoms with Crippen molar-refractivity contribution in [2.45, 2.75) is 45.1 Å². The van der Waals surface area contributed by atoms with Gasteiger partial charge in [-0.25, -0.2) is 0 Å². The van der Waals surface area contributed by atoms with Crippen molar-refractivity contribution in [1.82, 2.24) is 19.9 Å². The molecule has 2 aliphatic rings. The molecule has 7 nitrogen and oxygen atoms in total. The van der Waals surface area contributed by atoms with Gasteiger partial charge in [-0.3, -0.25) is 9.69 Å². The highest BCUT2D eigenvalue weighted by molar-refractivity contribution is 5.76.